The number of benzene rings is 1. The fourth-order valence-corrected chi connectivity index (χ4v) is 11.3. The molecule has 0 aromatic heterocycles. The molecule has 14 heteroatoms. The van der Waals surface area contributed by atoms with Crippen LogP contribution in [-0.2, 0) is 31.5 Å². The Morgan fingerprint density at radius 2 is 1.78 bits per heavy atom. The first-order valence-corrected chi connectivity index (χ1v) is 20.0. The third kappa shape index (κ3) is 8.12. The molecule has 2 aliphatic heterocycles. The molecule has 2 heterocycles. The van der Waals surface area contributed by atoms with Gasteiger partial charge < -0.3 is 24.0 Å². The lowest BCUT2D eigenvalue weighted by Gasteiger charge is -2.53. The Morgan fingerprint density at radius 3 is 2.49 bits per heavy atom. The molecular weight excluding hydrogens is 695 g/mol. The highest BCUT2D eigenvalue weighted by molar-refractivity contribution is 7.84. The Labute approximate surface area is 299 Å². The zero-order valence-electron chi connectivity index (χ0n) is 29.6. The van der Waals surface area contributed by atoms with E-state index in [1.807, 2.05) is 17.0 Å². The summed E-state index contributed by atoms with van der Waals surface area (Å²) in [4.78, 5) is 29.1. The van der Waals surface area contributed by atoms with Gasteiger partial charge in [-0.2, -0.15) is 22.0 Å². The molecule has 8 nitrogen and oxygen atoms in total. The Bertz CT molecular complexity index is 1440. The van der Waals surface area contributed by atoms with Crippen LogP contribution < -0.4 is 4.74 Å². The quantitative estimate of drug-likeness (QED) is 0.225. The molecular formula is C37H51F5N2O6S. The van der Waals surface area contributed by atoms with Gasteiger partial charge in [-0.3, -0.25) is 9.00 Å². The van der Waals surface area contributed by atoms with Gasteiger partial charge in [-0.25, -0.2) is 4.79 Å². The van der Waals surface area contributed by atoms with Gasteiger partial charge in [0.25, 0.3) is 0 Å². The van der Waals surface area contributed by atoms with Crippen molar-refractivity contribution in [1.29, 1.82) is 0 Å². The number of likely N-dealkylation sites (tertiary alicyclic amines) is 1. The van der Waals surface area contributed by atoms with Crippen LogP contribution in [0.25, 0.3) is 0 Å². The summed E-state index contributed by atoms with van der Waals surface area (Å²) < 4.78 is 94.2. The molecule has 3 aliphatic carbocycles. The Balaban J connectivity index is 1.10. The molecule has 6 rings (SSSR count). The number of morpholine rings is 1. The smallest absolute Gasteiger partial charge is 0.410 e. The van der Waals surface area contributed by atoms with Gasteiger partial charge in [-0.15, -0.1) is 0 Å². The number of nitrogens with zero attached hydrogens (tertiary/aromatic N) is 2. The Morgan fingerprint density at radius 1 is 1.04 bits per heavy atom. The van der Waals surface area contributed by atoms with E-state index in [0.29, 0.717) is 69.0 Å². The first-order valence-electron chi connectivity index (χ1n) is 18.5. The predicted molar refractivity (Wildman–Crippen MR) is 181 cm³/mol. The largest absolute Gasteiger partial charge is 0.453 e. The third-order valence-electron chi connectivity index (χ3n) is 12.7. The molecule has 1 unspecified atom stereocenters. The minimum Gasteiger partial charge on any atom is -0.410 e. The molecule has 7 atom stereocenters. The summed E-state index contributed by atoms with van der Waals surface area (Å²) in [7, 11) is 0.298. The number of amides is 2. The highest BCUT2D eigenvalue weighted by atomic mass is 32.2. The van der Waals surface area contributed by atoms with Crippen molar-refractivity contribution in [3.05, 3.63) is 29.3 Å². The number of carbonyl (C=O) groups is 2. The van der Waals surface area contributed by atoms with Gasteiger partial charge in [0.1, 0.15) is 12.4 Å². The number of halogens is 5. The summed E-state index contributed by atoms with van der Waals surface area (Å²) >= 11 is 0. The van der Waals surface area contributed by atoms with Crippen molar-refractivity contribution in [1.82, 2.24) is 9.80 Å². The van der Waals surface area contributed by atoms with E-state index in [1.165, 1.54) is 5.56 Å². The molecule has 0 bridgehead atoms. The second-order valence-corrected chi connectivity index (χ2v) is 17.2. The number of piperidine rings is 1. The van der Waals surface area contributed by atoms with E-state index in [9.17, 15) is 35.8 Å². The summed E-state index contributed by atoms with van der Waals surface area (Å²) in [6.45, 7) is 4.55. The lowest BCUT2D eigenvalue weighted by atomic mass is 9.52. The average Bonchev–Trinajstić information content (AvgIpc) is 3.44. The van der Waals surface area contributed by atoms with Crippen molar-refractivity contribution in [3.8, 4) is 5.75 Å². The first-order chi connectivity index (χ1) is 24.2. The molecule has 2 saturated carbocycles. The number of alkyl halides is 5. The number of hydrogen-bond acceptors (Lipinski definition) is 6. The van der Waals surface area contributed by atoms with E-state index >= 15 is 0 Å². The maximum atomic E-state index is 13.4. The number of fused-ring (bicyclic) bond motifs is 5. The van der Waals surface area contributed by atoms with Crippen LogP contribution in [0.15, 0.2) is 18.2 Å². The predicted octanol–water partition coefficient (Wildman–Crippen LogP) is 7.11. The molecule has 4 fully saturated rings. The number of methoxy groups -OCH3 is 1. The second-order valence-electron chi connectivity index (χ2n) is 15.5. The van der Waals surface area contributed by atoms with E-state index < -0.39 is 41.8 Å². The van der Waals surface area contributed by atoms with E-state index in [1.54, 1.807) is 12.0 Å². The van der Waals surface area contributed by atoms with Gasteiger partial charge in [-0.05, 0) is 117 Å². The van der Waals surface area contributed by atoms with Gasteiger partial charge in [0.2, 0.25) is 5.91 Å². The van der Waals surface area contributed by atoms with Crippen LogP contribution >= 0.6 is 0 Å². The van der Waals surface area contributed by atoms with Crippen LogP contribution in [0.3, 0.4) is 0 Å². The second kappa shape index (κ2) is 15.6. The van der Waals surface area contributed by atoms with Gasteiger partial charge in [0.05, 0.1) is 12.7 Å². The van der Waals surface area contributed by atoms with Gasteiger partial charge in [0.15, 0.2) is 0 Å². The van der Waals surface area contributed by atoms with Gasteiger partial charge in [0, 0.05) is 61.5 Å². The summed E-state index contributed by atoms with van der Waals surface area (Å²) in [5.41, 5.74) is 2.47. The highest BCUT2D eigenvalue weighted by Gasteiger charge is 2.58. The van der Waals surface area contributed by atoms with Crippen LogP contribution in [0.5, 0.6) is 5.75 Å². The summed E-state index contributed by atoms with van der Waals surface area (Å²) in [5, 5.41) is 0. The molecule has 286 valence electrons. The minimum absolute atomic E-state index is 0.00798. The first kappa shape index (κ1) is 38.4. The SMILES string of the molecule is CO[C@H]1CC[C@H]2[C@@H]3[C@H](CCCS(=O)CCCC(F)(F)C(F)(F)F)Cc4cc(OC(=O)N5CCC(N6CCOCC6=O)CC5)ccc4[C@H]3CC[C@]12C. The fraction of sp³-hybridized carbons (Fsp3) is 0.784. The zero-order valence-corrected chi connectivity index (χ0v) is 30.4. The van der Waals surface area contributed by atoms with Crippen molar-refractivity contribution in [2.75, 3.05) is 51.5 Å². The zero-order chi connectivity index (χ0) is 36.6. The number of hydrogen-bond donors (Lipinski definition) is 0. The fourth-order valence-electron chi connectivity index (χ4n) is 10.1. The molecule has 1 aromatic carbocycles. The number of carbonyl (C=O) groups excluding carboxylic acids is 2. The summed E-state index contributed by atoms with van der Waals surface area (Å²) in [6.07, 6.45) is -0.0385. The Hall–Kier alpha value is -2.32. The number of rotatable bonds is 11. The standard InChI is InChI=1S/C37H51F5N2O6S/c1-35-14-10-29-28-7-6-27(50-34(46)43-15-11-26(12-16-43)44-17-18-49-23-32(44)45)22-25(28)21-24(33(29)30(35)8-9-31(35)48-2)5-3-19-51(47)20-4-13-36(38,39)37(40,41)42/h6-7,22,24,26,29-31,33H,3-5,8-21,23H2,1-2H3/t24-,29-,30+,31+,33-,35+,51?/m1/s1. The van der Waals surface area contributed by atoms with Gasteiger partial charge >= 0.3 is 18.2 Å². The van der Waals surface area contributed by atoms with Crippen LogP contribution in [0.2, 0.25) is 0 Å². The molecule has 51 heavy (non-hydrogen) atoms. The molecule has 0 radical (unpaired) electrons. The molecule has 5 aliphatic rings. The monoisotopic (exact) mass is 746 g/mol. The van der Waals surface area contributed by atoms with Crippen LogP contribution in [0.4, 0.5) is 26.7 Å². The van der Waals surface area contributed by atoms with Gasteiger partial charge in [-0.1, -0.05) is 13.0 Å². The minimum atomic E-state index is -5.60. The van der Waals surface area contributed by atoms with Crippen molar-refractivity contribution < 1.29 is 50.0 Å². The third-order valence-corrected chi connectivity index (χ3v) is 14.2. The van der Waals surface area contributed by atoms with E-state index in [0.717, 1.165) is 44.1 Å². The molecule has 0 N–H and O–H groups in total. The van der Waals surface area contributed by atoms with Crippen molar-refractivity contribution >= 4 is 22.8 Å². The summed E-state index contributed by atoms with van der Waals surface area (Å²) in [6, 6.07) is 6.07. The summed E-state index contributed by atoms with van der Waals surface area (Å²) in [5.74, 6) is -2.83. The lowest BCUT2D eigenvalue weighted by molar-refractivity contribution is -0.284. The molecule has 2 amide bonds. The maximum absolute atomic E-state index is 13.4. The molecule has 0 spiro atoms. The van der Waals surface area contributed by atoms with E-state index in [-0.39, 0.29) is 47.5 Å². The van der Waals surface area contributed by atoms with Crippen LogP contribution in [0, 0.1) is 23.2 Å². The van der Waals surface area contributed by atoms with Crippen molar-refractivity contribution in [2.24, 2.45) is 23.2 Å². The maximum Gasteiger partial charge on any atom is 0.453 e. The van der Waals surface area contributed by atoms with Crippen LogP contribution in [0.1, 0.15) is 88.2 Å². The van der Waals surface area contributed by atoms with Crippen molar-refractivity contribution in [2.45, 2.75) is 108 Å². The number of ether oxygens (including phenoxy) is 3. The Kier molecular flexibility index (Phi) is 11.7. The van der Waals surface area contributed by atoms with E-state index in [2.05, 4.69) is 13.0 Å². The lowest BCUT2D eigenvalue weighted by Crippen LogP contribution is -2.52. The highest BCUT2D eigenvalue weighted by Crippen LogP contribution is 2.63. The van der Waals surface area contributed by atoms with Crippen LogP contribution in [-0.4, -0.2) is 102 Å². The van der Waals surface area contributed by atoms with Crippen molar-refractivity contribution in [3.63, 3.8) is 0 Å². The average molecular weight is 747 g/mol. The molecule has 1 aromatic rings. The van der Waals surface area contributed by atoms with E-state index in [4.69, 9.17) is 14.2 Å². The molecule has 2 saturated heterocycles. The normalized spacial score (nSPS) is 30.8. The topological polar surface area (TPSA) is 85.4 Å².